The first-order chi connectivity index (χ1) is 14.5. The van der Waals surface area contributed by atoms with Crippen LogP contribution in [0.25, 0.3) is 11.2 Å². The second kappa shape index (κ2) is 7.93. The van der Waals surface area contributed by atoms with Crippen molar-refractivity contribution in [3.05, 3.63) is 46.5 Å². The van der Waals surface area contributed by atoms with Gasteiger partial charge in [0.05, 0.1) is 29.0 Å². The maximum absolute atomic E-state index is 13.8. The van der Waals surface area contributed by atoms with Gasteiger partial charge in [0.15, 0.2) is 10.8 Å². The van der Waals surface area contributed by atoms with Crippen molar-refractivity contribution < 1.29 is 23.4 Å². The highest BCUT2D eigenvalue weighted by Gasteiger charge is 2.47. The number of imidazole rings is 1. The molecule has 2 aromatic heterocycles. The largest absolute Gasteiger partial charge is 0.388 e. The molecule has 3 aromatic rings. The fourth-order valence-electron chi connectivity index (χ4n) is 3.64. The maximum Gasteiger partial charge on any atom is 0.180 e. The molecule has 158 valence electrons. The van der Waals surface area contributed by atoms with Gasteiger partial charge in [0.1, 0.15) is 35.8 Å². The third-order valence-corrected chi connectivity index (χ3v) is 6.56. The van der Waals surface area contributed by atoms with Crippen molar-refractivity contribution in [2.45, 2.75) is 35.3 Å². The van der Waals surface area contributed by atoms with E-state index in [0.717, 1.165) is 0 Å². The standard InChI is InChI=1S/C19H17ClF2N4O3S/c20-9-4-12-18(25-17(9)23-5-8-10(21)2-1-3-11(8)22)26-19(24-12)30-14-7-29-15-13(27)6-28-16(14)15/h1-4,13-16,27H,5-7H2,(H2,23,24,25,26)/t13-,14-,15-,16-/m1/s1. The maximum atomic E-state index is 13.8. The molecule has 0 radical (unpaired) electrons. The molecule has 0 saturated carbocycles. The minimum atomic E-state index is -0.644. The van der Waals surface area contributed by atoms with Crippen LogP contribution in [0.3, 0.4) is 0 Å². The number of aromatic nitrogens is 3. The number of benzene rings is 1. The van der Waals surface area contributed by atoms with Gasteiger partial charge in [0.2, 0.25) is 0 Å². The highest BCUT2D eigenvalue weighted by Crippen LogP contribution is 2.37. The number of fused-ring (bicyclic) bond motifs is 2. The number of hydrogen-bond donors (Lipinski definition) is 3. The summed E-state index contributed by atoms with van der Waals surface area (Å²) in [7, 11) is 0. The predicted molar refractivity (Wildman–Crippen MR) is 108 cm³/mol. The van der Waals surface area contributed by atoms with Gasteiger partial charge in [-0.25, -0.2) is 18.7 Å². The molecule has 5 rings (SSSR count). The van der Waals surface area contributed by atoms with Crippen molar-refractivity contribution in [1.29, 1.82) is 0 Å². The van der Waals surface area contributed by atoms with Gasteiger partial charge in [-0.1, -0.05) is 29.4 Å². The first-order valence-electron chi connectivity index (χ1n) is 9.30. The van der Waals surface area contributed by atoms with E-state index in [1.54, 1.807) is 6.07 Å². The molecule has 3 N–H and O–H groups in total. The van der Waals surface area contributed by atoms with E-state index in [4.69, 9.17) is 21.1 Å². The fraction of sp³-hybridized carbons (Fsp3) is 0.368. The van der Waals surface area contributed by atoms with Crippen LogP contribution in [0.5, 0.6) is 0 Å². The Hall–Kier alpha value is -1.98. The Kier molecular flexibility index (Phi) is 5.28. The molecule has 0 aliphatic carbocycles. The monoisotopic (exact) mass is 454 g/mol. The van der Waals surface area contributed by atoms with Gasteiger partial charge in [-0.3, -0.25) is 0 Å². The number of hydrogen-bond acceptors (Lipinski definition) is 7. The zero-order chi connectivity index (χ0) is 20.8. The summed E-state index contributed by atoms with van der Waals surface area (Å²) in [5.74, 6) is -1.01. The summed E-state index contributed by atoms with van der Waals surface area (Å²) < 4.78 is 38.9. The van der Waals surface area contributed by atoms with Crippen molar-refractivity contribution in [3.63, 3.8) is 0 Å². The second-order valence-corrected chi connectivity index (χ2v) is 8.74. The number of aliphatic hydroxyl groups is 1. The molecular weight excluding hydrogens is 438 g/mol. The summed E-state index contributed by atoms with van der Waals surface area (Å²) in [4.78, 5) is 12.0. The lowest BCUT2D eigenvalue weighted by Crippen LogP contribution is -2.29. The molecule has 4 heterocycles. The number of ether oxygens (including phenoxy) is 2. The van der Waals surface area contributed by atoms with Crippen LogP contribution in [0.1, 0.15) is 5.56 Å². The second-order valence-electron chi connectivity index (χ2n) is 7.11. The molecule has 2 aliphatic rings. The molecule has 0 bridgehead atoms. The van der Waals surface area contributed by atoms with E-state index in [1.165, 1.54) is 30.0 Å². The summed E-state index contributed by atoms with van der Waals surface area (Å²) >= 11 is 7.73. The lowest BCUT2D eigenvalue weighted by atomic mass is 10.1. The SMILES string of the molecule is O[C@@H]1CO[C@H]2[C@@H]1OC[C@H]2Sc1nc2nc(NCc3c(F)cccc3F)c(Cl)cc2[nH]1. The van der Waals surface area contributed by atoms with Crippen molar-refractivity contribution in [3.8, 4) is 0 Å². The van der Waals surface area contributed by atoms with Crippen LogP contribution in [0.4, 0.5) is 14.6 Å². The molecule has 2 aliphatic heterocycles. The predicted octanol–water partition coefficient (Wildman–Crippen LogP) is 3.12. The number of halogens is 3. The van der Waals surface area contributed by atoms with Crippen LogP contribution in [0.2, 0.25) is 5.02 Å². The highest BCUT2D eigenvalue weighted by atomic mass is 35.5. The third kappa shape index (κ3) is 3.63. The molecular formula is C19H17ClF2N4O3S. The number of aromatic amines is 1. The number of rotatable bonds is 5. The Bertz CT molecular complexity index is 1080. The topological polar surface area (TPSA) is 92.3 Å². The Balaban J connectivity index is 1.33. The first kappa shape index (κ1) is 20.0. The van der Waals surface area contributed by atoms with E-state index < -0.39 is 17.7 Å². The number of thioether (sulfide) groups is 1. The fourth-order valence-corrected chi connectivity index (χ4v) is 4.96. The Morgan fingerprint density at radius 1 is 1.20 bits per heavy atom. The van der Waals surface area contributed by atoms with Crippen molar-refractivity contribution in [1.82, 2.24) is 15.0 Å². The summed E-state index contributed by atoms with van der Waals surface area (Å²) in [6, 6.07) is 5.35. The first-order valence-corrected chi connectivity index (χ1v) is 10.6. The molecule has 2 saturated heterocycles. The molecule has 2 fully saturated rings. The summed E-state index contributed by atoms with van der Waals surface area (Å²) in [6.07, 6.45) is -1.11. The van der Waals surface area contributed by atoms with E-state index in [2.05, 4.69) is 20.3 Å². The number of nitrogens with one attached hydrogen (secondary N) is 2. The van der Waals surface area contributed by atoms with Crippen LogP contribution in [-0.4, -0.2) is 56.8 Å². The number of H-pyrrole nitrogens is 1. The zero-order valence-electron chi connectivity index (χ0n) is 15.4. The van der Waals surface area contributed by atoms with E-state index in [9.17, 15) is 13.9 Å². The lowest BCUT2D eigenvalue weighted by Gasteiger charge is -2.13. The molecule has 4 atom stereocenters. The Morgan fingerprint density at radius 2 is 1.97 bits per heavy atom. The average Bonchev–Trinajstić information content (AvgIpc) is 3.39. The average molecular weight is 455 g/mol. The summed E-state index contributed by atoms with van der Waals surface area (Å²) in [6.45, 7) is 0.607. The molecule has 30 heavy (non-hydrogen) atoms. The number of anilines is 1. The molecule has 1 aromatic carbocycles. The van der Waals surface area contributed by atoms with Crippen LogP contribution < -0.4 is 5.32 Å². The van der Waals surface area contributed by atoms with E-state index >= 15 is 0 Å². The van der Waals surface area contributed by atoms with E-state index in [-0.39, 0.29) is 42.0 Å². The van der Waals surface area contributed by atoms with E-state index in [0.29, 0.717) is 27.9 Å². The molecule has 11 heteroatoms. The van der Waals surface area contributed by atoms with Gasteiger partial charge in [-0.15, -0.1) is 0 Å². The molecule has 0 spiro atoms. The van der Waals surface area contributed by atoms with Gasteiger partial charge in [-0.05, 0) is 18.2 Å². The highest BCUT2D eigenvalue weighted by molar-refractivity contribution is 7.99. The van der Waals surface area contributed by atoms with Crippen molar-refractivity contribution in [2.75, 3.05) is 18.5 Å². The number of nitrogens with zero attached hydrogens (tertiary/aromatic N) is 2. The molecule has 0 unspecified atom stereocenters. The van der Waals surface area contributed by atoms with Gasteiger partial charge in [-0.2, -0.15) is 0 Å². The van der Waals surface area contributed by atoms with Gasteiger partial charge in [0.25, 0.3) is 0 Å². The normalized spacial score (nSPS) is 25.7. The van der Waals surface area contributed by atoms with Crippen molar-refractivity contribution in [2.24, 2.45) is 0 Å². The zero-order valence-corrected chi connectivity index (χ0v) is 17.0. The van der Waals surface area contributed by atoms with Gasteiger partial charge in [0, 0.05) is 12.1 Å². The van der Waals surface area contributed by atoms with Crippen LogP contribution in [-0.2, 0) is 16.0 Å². The molecule has 7 nitrogen and oxygen atoms in total. The number of pyridine rings is 1. The minimum absolute atomic E-state index is 0.00943. The Labute approximate surface area is 179 Å². The number of aliphatic hydroxyl groups excluding tert-OH is 1. The Morgan fingerprint density at radius 3 is 2.77 bits per heavy atom. The third-order valence-electron chi connectivity index (χ3n) is 5.14. The lowest BCUT2D eigenvalue weighted by molar-refractivity contribution is 0.0188. The van der Waals surface area contributed by atoms with Crippen molar-refractivity contribution >= 4 is 40.3 Å². The smallest absolute Gasteiger partial charge is 0.180 e. The summed E-state index contributed by atoms with van der Waals surface area (Å²) in [5, 5.41) is 13.6. The van der Waals surface area contributed by atoms with Crippen LogP contribution in [0.15, 0.2) is 29.4 Å². The van der Waals surface area contributed by atoms with Gasteiger partial charge < -0.3 is 24.9 Å². The summed E-state index contributed by atoms with van der Waals surface area (Å²) in [5.41, 5.74) is 0.956. The van der Waals surface area contributed by atoms with Crippen LogP contribution >= 0.6 is 23.4 Å². The van der Waals surface area contributed by atoms with Crippen LogP contribution in [0, 0.1) is 11.6 Å². The molecule has 0 amide bonds. The minimum Gasteiger partial charge on any atom is -0.388 e. The quantitative estimate of drug-likeness (QED) is 0.545. The van der Waals surface area contributed by atoms with E-state index in [1.807, 2.05) is 0 Å². The van der Waals surface area contributed by atoms with Gasteiger partial charge >= 0.3 is 0 Å².